The van der Waals surface area contributed by atoms with E-state index in [4.69, 9.17) is 11.6 Å². The zero-order chi connectivity index (χ0) is 21.5. The van der Waals surface area contributed by atoms with Crippen LogP contribution in [0.15, 0.2) is 115 Å². The Bertz CT molecular complexity index is 1060. The van der Waals surface area contributed by atoms with Gasteiger partial charge in [0.05, 0.1) is 0 Å². The van der Waals surface area contributed by atoms with Crippen molar-refractivity contribution in [3.63, 3.8) is 0 Å². The van der Waals surface area contributed by atoms with Gasteiger partial charge in [-0.15, -0.1) is 0 Å². The number of hydrogen-bond acceptors (Lipinski definition) is 1. The smallest absolute Gasteiger partial charge is 0.231 e. The topological polar surface area (TPSA) is 20.3 Å². The summed E-state index contributed by atoms with van der Waals surface area (Å²) in [7, 11) is 0. The summed E-state index contributed by atoms with van der Waals surface area (Å²) in [5.74, 6) is 0.197. The van der Waals surface area contributed by atoms with Crippen molar-refractivity contribution < 1.29 is 4.79 Å². The van der Waals surface area contributed by atoms with Crippen LogP contribution >= 0.6 is 11.6 Å². The van der Waals surface area contributed by atoms with Crippen molar-refractivity contribution >= 4 is 28.9 Å². The van der Waals surface area contributed by atoms with Crippen molar-refractivity contribution in [2.24, 2.45) is 0 Å². The summed E-state index contributed by atoms with van der Waals surface area (Å²) < 4.78 is 0. The first kappa shape index (κ1) is 20.9. The molecule has 0 bridgehead atoms. The van der Waals surface area contributed by atoms with E-state index in [9.17, 15) is 4.79 Å². The third-order valence-electron chi connectivity index (χ3n) is 5.40. The predicted molar refractivity (Wildman–Crippen MR) is 129 cm³/mol. The zero-order valence-electron chi connectivity index (χ0n) is 17.2. The standard InChI is InChI=1S/C28H24ClNO/c29-24-18-16-23(17-19-24)27(22-10-4-1-5-11-22)20-21-28(31)30(25-12-6-2-7-13-25)26-14-8-3-9-15-26/h1-19,27H,20-21H2. The van der Waals surface area contributed by atoms with E-state index in [0.29, 0.717) is 17.9 Å². The number of para-hydroxylation sites is 2. The number of benzene rings is 4. The van der Waals surface area contributed by atoms with E-state index in [1.54, 1.807) is 0 Å². The summed E-state index contributed by atoms with van der Waals surface area (Å²) in [6.45, 7) is 0. The van der Waals surface area contributed by atoms with Crippen LogP contribution in [0.4, 0.5) is 11.4 Å². The SMILES string of the molecule is O=C(CCC(c1ccccc1)c1ccc(Cl)cc1)N(c1ccccc1)c1ccccc1. The number of hydrogen-bond donors (Lipinski definition) is 0. The van der Waals surface area contributed by atoms with Crippen LogP contribution in [0.1, 0.15) is 29.9 Å². The minimum absolute atomic E-state index is 0.0762. The molecular weight excluding hydrogens is 402 g/mol. The fraction of sp³-hybridized carbons (Fsp3) is 0.107. The zero-order valence-corrected chi connectivity index (χ0v) is 18.0. The van der Waals surface area contributed by atoms with Crippen LogP contribution in [0.2, 0.25) is 5.02 Å². The van der Waals surface area contributed by atoms with Crippen LogP contribution in [-0.4, -0.2) is 5.91 Å². The number of carbonyl (C=O) groups is 1. The highest BCUT2D eigenvalue weighted by Crippen LogP contribution is 2.32. The molecule has 0 aliphatic carbocycles. The summed E-state index contributed by atoms with van der Waals surface area (Å²) in [4.78, 5) is 15.3. The van der Waals surface area contributed by atoms with Gasteiger partial charge < -0.3 is 0 Å². The van der Waals surface area contributed by atoms with Gasteiger partial charge in [0, 0.05) is 28.7 Å². The molecule has 2 nitrogen and oxygen atoms in total. The Morgan fingerprint density at radius 2 is 1.10 bits per heavy atom. The molecule has 0 heterocycles. The predicted octanol–water partition coefficient (Wildman–Crippen LogP) is 7.62. The largest absolute Gasteiger partial charge is 0.281 e. The first-order valence-electron chi connectivity index (χ1n) is 10.5. The molecule has 0 aliphatic rings. The van der Waals surface area contributed by atoms with Crippen molar-refractivity contribution in [2.75, 3.05) is 4.90 Å². The Hall–Kier alpha value is -3.36. The first-order chi connectivity index (χ1) is 15.2. The maximum atomic E-state index is 13.5. The molecule has 4 aromatic rings. The molecule has 0 aromatic heterocycles. The summed E-state index contributed by atoms with van der Waals surface area (Å²) >= 11 is 6.11. The van der Waals surface area contributed by atoms with Gasteiger partial charge in [0.15, 0.2) is 0 Å². The van der Waals surface area contributed by atoms with Crippen LogP contribution in [0.3, 0.4) is 0 Å². The molecule has 1 unspecified atom stereocenters. The molecule has 0 spiro atoms. The fourth-order valence-electron chi connectivity index (χ4n) is 3.88. The average molecular weight is 426 g/mol. The lowest BCUT2D eigenvalue weighted by Crippen LogP contribution is -2.26. The molecule has 4 aromatic carbocycles. The average Bonchev–Trinajstić information content (AvgIpc) is 2.83. The molecule has 154 valence electrons. The number of anilines is 2. The van der Waals surface area contributed by atoms with Crippen molar-refractivity contribution in [1.29, 1.82) is 0 Å². The third-order valence-corrected chi connectivity index (χ3v) is 5.65. The van der Waals surface area contributed by atoms with Gasteiger partial charge in [0.1, 0.15) is 0 Å². The van der Waals surface area contributed by atoms with E-state index in [0.717, 1.165) is 16.9 Å². The second-order valence-corrected chi connectivity index (χ2v) is 7.89. The normalized spacial score (nSPS) is 11.6. The molecule has 31 heavy (non-hydrogen) atoms. The fourth-order valence-corrected chi connectivity index (χ4v) is 4.00. The molecule has 0 saturated carbocycles. The maximum Gasteiger partial charge on any atom is 0.231 e. The van der Waals surface area contributed by atoms with E-state index >= 15 is 0 Å². The van der Waals surface area contributed by atoms with Crippen LogP contribution in [0.25, 0.3) is 0 Å². The van der Waals surface area contributed by atoms with E-state index in [-0.39, 0.29) is 11.8 Å². The van der Waals surface area contributed by atoms with Gasteiger partial charge in [-0.05, 0) is 53.9 Å². The van der Waals surface area contributed by atoms with E-state index in [1.165, 1.54) is 5.56 Å². The first-order valence-corrected chi connectivity index (χ1v) is 10.8. The van der Waals surface area contributed by atoms with Crippen molar-refractivity contribution in [3.8, 4) is 0 Å². The number of carbonyl (C=O) groups excluding carboxylic acids is 1. The molecule has 1 atom stereocenters. The summed E-state index contributed by atoms with van der Waals surface area (Å²) in [5, 5.41) is 0.714. The molecule has 3 heteroatoms. The highest BCUT2D eigenvalue weighted by molar-refractivity contribution is 6.30. The van der Waals surface area contributed by atoms with Crippen molar-refractivity contribution in [2.45, 2.75) is 18.8 Å². The highest BCUT2D eigenvalue weighted by atomic mass is 35.5. The summed E-state index contributed by atoms with van der Waals surface area (Å²) in [6.07, 6.45) is 1.13. The second kappa shape index (κ2) is 10.1. The molecule has 0 radical (unpaired) electrons. The van der Waals surface area contributed by atoms with Gasteiger partial charge in [0.2, 0.25) is 5.91 Å². The van der Waals surface area contributed by atoms with Gasteiger partial charge in [-0.25, -0.2) is 0 Å². The highest BCUT2D eigenvalue weighted by Gasteiger charge is 2.21. The Labute approximate surface area is 188 Å². The van der Waals surface area contributed by atoms with Crippen molar-refractivity contribution in [1.82, 2.24) is 0 Å². The molecule has 0 fully saturated rings. The van der Waals surface area contributed by atoms with E-state index in [2.05, 4.69) is 24.3 Å². The van der Waals surface area contributed by atoms with E-state index < -0.39 is 0 Å². The van der Waals surface area contributed by atoms with Gasteiger partial charge in [0.25, 0.3) is 0 Å². The number of halogens is 1. The number of amides is 1. The maximum absolute atomic E-state index is 13.5. The Morgan fingerprint density at radius 1 is 0.645 bits per heavy atom. The third kappa shape index (κ3) is 5.22. The number of rotatable bonds is 7. The second-order valence-electron chi connectivity index (χ2n) is 7.45. The Kier molecular flexibility index (Phi) is 6.81. The lowest BCUT2D eigenvalue weighted by molar-refractivity contribution is -0.118. The van der Waals surface area contributed by atoms with Crippen molar-refractivity contribution in [3.05, 3.63) is 131 Å². The van der Waals surface area contributed by atoms with Crippen LogP contribution in [-0.2, 0) is 4.79 Å². The van der Waals surface area contributed by atoms with Gasteiger partial charge in [-0.3, -0.25) is 9.69 Å². The lowest BCUT2D eigenvalue weighted by Gasteiger charge is -2.25. The van der Waals surface area contributed by atoms with Crippen LogP contribution < -0.4 is 4.90 Å². The quantitative estimate of drug-likeness (QED) is 0.298. The Morgan fingerprint density at radius 3 is 1.61 bits per heavy atom. The molecular formula is C28H24ClNO. The number of nitrogens with zero attached hydrogens (tertiary/aromatic N) is 1. The summed E-state index contributed by atoms with van der Waals surface area (Å²) in [5.41, 5.74) is 4.11. The van der Waals surface area contributed by atoms with Crippen LogP contribution in [0, 0.1) is 0 Å². The molecule has 4 rings (SSSR count). The van der Waals surface area contributed by atoms with Gasteiger partial charge in [-0.1, -0.05) is 90.5 Å². The Balaban J connectivity index is 1.60. The molecule has 0 saturated heterocycles. The van der Waals surface area contributed by atoms with Crippen LogP contribution in [0.5, 0.6) is 0 Å². The van der Waals surface area contributed by atoms with Gasteiger partial charge in [-0.2, -0.15) is 0 Å². The molecule has 0 N–H and O–H groups in total. The summed E-state index contributed by atoms with van der Waals surface area (Å²) in [6, 6.07) is 37.9. The van der Waals surface area contributed by atoms with Gasteiger partial charge >= 0.3 is 0 Å². The molecule has 1 amide bonds. The minimum atomic E-state index is 0.0762. The minimum Gasteiger partial charge on any atom is -0.281 e. The van der Waals surface area contributed by atoms with E-state index in [1.807, 2.05) is 95.9 Å². The molecule has 0 aliphatic heterocycles. The monoisotopic (exact) mass is 425 g/mol. The lowest BCUT2D eigenvalue weighted by atomic mass is 9.87.